The molecule has 0 amide bonds. The number of nitro groups is 1. The molecule has 15 heteroatoms. The van der Waals surface area contributed by atoms with E-state index in [0.29, 0.717) is 24.7 Å². The van der Waals surface area contributed by atoms with Crippen molar-refractivity contribution >= 4 is 34.4 Å². The quantitative estimate of drug-likeness (QED) is 0.0539. The number of rotatable bonds is 13. The summed E-state index contributed by atoms with van der Waals surface area (Å²) in [5.74, 6) is -3.66. The number of likely N-dealkylation sites (N-methyl/N-ethyl adjacent to an activating group) is 1. The van der Waals surface area contributed by atoms with Gasteiger partial charge in [-0.3, -0.25) is 25.7 Å². The Hall–Kier alpha value is -3.14. The molecule has 2 atom stereocenters. The number of guanidine groups is 1. The molecule has 0 aliphatic carbocycles. The highest BCUT2D eigenvalue weighted by atomic mass is 32.1. The minimum absolute atomic E-state index is 0.262. The van der Waals surface area contributed by atoms with E-state index in [0.717, 1.165) is 37.1 Å². The average Bonchev–Trinajstić information content (AvgIpc) is 3.23. The number of nitrogens with two attached hydrogens (primary N) is 1. The van der Waals surface area contributed by atoms with Gasteiger partial charge in [-0.15, -0.1) is 11.3 Å². The number of nitrogens with zero attached hydrogens (tertiary/aromatic N) is 3. The molecule has 34 heavy (non-hydrogen) atoms. The maximum atomic E-state index is 11.9. The largest absolute Gasteiger partial charge is 0.425 e. The second-order valence-corrected chi connectivity index (χ2v) is 7.94. The molecule has 2 rings (SSSR count). The van der Waals surface area contributed by atoms with E-state index in [1.165, 1.54) is 18.4 Å². The van der Waals surface area contributed by atoms with E-state index < -0.39 is 28.9 Å². The predicted octanol–water partition coefficient (Wildman–Crippen LogP) is -0.0493. The van der Waals surface area contributed by atoms with Crippen LogP contribution in [-0.2, 0) is 30.2 Å². The van der Waals surface area contributed by atoms with Crippen LogP contribution in [0.5, 0.6) is 0 Å². The smallest absolute Gasteiger partial charge is 0.415 e. The Morgan fingerprint density at radius 1 is 1.35 bits per heavy atom. The third-order valence-corrected chi connectivity index (χ3v) is 5.42. The normalized spacial score (nSPS) is 20.9. The second-order valence-electron chi connectivity index (χ2n) is 7.08. The molecule has 14 nitrogen and oxygen atoms in total. The number of cyclic esters (lactones) is 2. The fraction of sp³-hybridized carbons (Fsp3) is 0.579. The number of esters is 2. The van der Waals surface area contributed by atoms with E-state index in [2.05, 4.69) is 25.9 Å². The van der Waals surface area contributed by atoms with Crippen LogP contribution in [0.2, 0.25) is 0 Å². The molecule has 0 saturated carbocycles. The van der Waals surface area contributed by atoms with Crippen LogP contribution in [0.4, 0.5) is 5.13 Å². The number of aryl methyl sites for hydroxylation is 1. The minimum Gasteiger partial charge on any atom is -0.415 e. The predicted molar refractivity (Wildman–Crippen MR) is 124 cm³/mol. The van der Waals surface area contributed by atoms with Gasteiger partial charge < -0.3 is 25.3 Å². The zero-order valence-corrected chi connectivity index (χ0v) is 19.8. The molecule has 0 saturated heterocycles. The van der Waals surface area contributed by atoms with Gasteiger partial charge in [0.25, 0.3) is 0 Å². The van der Waals surface area contributed by atoms with Crippen LogP contribution in [0.15, 0.2) is 22.5 Å². The fourth-order valence-electron chi connectivity index (χ4n) is 2.96. The van der Waals surface area contributed by atoms with Crippen molar-refractivity contribution in [3.8, 4) is 0 Å². The molecular weight excluding hydrogens is 470 g/mol. The van der Waals surface area contributed by atoms with E-state index in [1.54, 1.807) is 7.11 Å². The van der Waals surface area contributed by atoms with Crippen LogP contribution in [0.3, 0.4) is 0 Å². The van der Waals surface area contributed by atoms with Crippen molar-refractivity contribution in [2.24, 2.45) is 10.7 Å². The number of methoxy groups -OCH3 is 1. The number of aliphatic imine (C=N–C) groups is 1. The summed E-state index contributed by atoms with van der Waals surface area (Å²) in [6.45, 7) is 1.20. The van der Waals surface area contributed by atoms with Gasteiger partial charge in [0.15, 0.2) is 11.1 Å². The standard InChI is InChI=1S/C19H29N7O7S/c1-21-19(16(26(29)30)32-14(27)7-8-15(28)33-19)23-9-5-3-4-6-13-12-34-18(24-13)25-17(20)22-10-11-31-2/h7-8,12,16,21,23H,3-6,9-11H2,1-2H3,(H3,20,22,24,25). The number of hydrogen-bond donors (Lipinski definition) is 4. The first kappa shape index (κ1) is 27.1. The number of ether oxygens (including phenoxy) is 3. The van der Waals surface area contributed by atoms with Crippen molar-refractivity contribution in [3.63, 3.8) is 0 Å². The van der Waals surface area contributed by atoms with Gasteiger partial charge >= 0.3 is 24.0 Å². The first-order chi connectivity index (χ1) is 16.3. The number of nitrogens with one attached hydrogen (secondary N) is 3. The summed E-state index contributed by atoms with van der Waals surface area (Å²) in [4.78, 5) is 42.8. The molecule has 1 aromatic rings. The minimum atomic E-state index is -2.00. The van der Waals surface area contributed by atoms with Crippen molar-refractivity contribution in [1.82, 2.24) is 15.6 Å². The van der Waals surface area contributed by atoms with Crippen molar-refractivity contribution in [2.45, 2.75) is 37.8 Å². The van der Waals surface area contributed by atoms with Crippen LogP contribution >= 0.6 is 11.3 Å². The molecule has 0 aromatic carbocycles. The highest BCUT2D eigenvalue weighted by Gasteiger charge is 2.53. The van der Waals surface area contributed by atoms with Crippen molar-refractivity contribution < 1.29 is 28.7 Å². The van der Waals surface area contributed by atoms with Crippen LogP contribution < -0.4 is 21.7 Å². The average molecular weight is 500 g/mol. The number of carbonyl (C=O) groups excluding carboxylic acids is 2. The molecule has 0 bridgehead atoms. The Labute approximate surface area is 200 Å². The van der Waals surface area contributed by atoms with Gasteiger partial charge in [-0.05, 0) is 26.3 Å². The topological polar surface area (TPSA) is 192 Å². The van der Waals surface area contributed by atoms with Gasteiger partial charge in [0, 0.05) is 31.2 Å². The Morgan fingerprint density at radius 3 is 2.82 bits per heavy atom. The maximum Gasteiger partial charge on any atom is 0.425 e. The molecule has 1 aliphatic rings. The monoisotopic (exact) mass is 499 g/mol. The Kier molecular flexibility index (Phi) is 10.8. The van der Waals surface area contributed by atoms with Gasteiger partial charge in [0.2, 0.25) is 0 Å². The summed E-state index contributed by atoms with van der Waals surface area (Å²) < 4.78 is 14.9. The lowest BCUT2D eigenvalue weighted by Gasteiger charge is -2.34. The lowest BCUT2D eigenvalue weighted by Crippen LogP contribution is -2.69. The summed E-state index contributed by atoms with van der Waals surface area (Å²) >= 11 is 1.42. The van der Waals surface area contributed by atoms with Crippen molar-refractivity contribution in [2.75, 3.05) is 39.2 Å². The third kappa shape index (κ3) is 8.33. The first-order valence-corrected chi connectivity index (χ1v) is 11.4. The molecule has 2 heterocycles. The molecular formula is C19H29N7O7S. The first-order valence-electron chi connectivity index (χ1n) is 10.5. The summed E-state index contributed by atoms with van der Waals surface area (Å²) in [6, 6.07) is 0. The zero-order chi connectivity index (χ0) is 25.0. The van der Waals surface area contributed by atoms with Gasteiger partial charge in [-0.2, -0.15) is 0 Å². The van der Waals surface area contributed by atoms with Crippen LogP contribution in [0, 0.1) is 10.1 Å². The van der Waals surface area contributed by atoms with Crippen molar-refractivity contribution in [3.05, 3.63) is 33.3 Å². The van der Waals surface area contributed by atoms with E-state index in [4.69, 9.17) is 19.9 Å². The molecule has 0 spiro atoms. The number of anilines is 1. The van der Waals surface area contributed by atoms with Gasteiger partial charge in [0.05, 0.1) is 23.8 Å². The molecule has 1 aliphatic heterocycles. The van der Waals surface area contributed by atoms with Gasteiger partial charge in [0.1, 0.15) is 0 Å². The Bertz CT molecular complexity index is 907. The highest BCUT2D eigenvalue weighted by Crippen LogP contribution is 2.19. The van der Waals surface area contributed by atoms with E-state index in [9.17, 15) is 19.7 Å². The fourth-order valence-corrected chi connectivity index (χ4v) is 3.71. The Balaban J connectivity index is 1.81. The molecule has 5 N–H and O–H groups in total. The summed E-state index contributed by atoms with van der Waals surface area (Å²) in [6.07, 6.45) is 2.58. The van der Waals surface area contributed by atoms with Crippen molar-refractivity contribution in [1.29, 1.82) is 0 Å². The number of thiazole rings is 1. The van der Waals surface area contributed by atoms with E-state index >= 15 is 0 Å². The van der Waals surface area contributed by atoms with Crippen LogP contribution in [0.1, 0.15) is 25.0 Å². The van der Waals surface area contributed by atoms with Crippen LogP contribution in [0.25, 0.3) is 0 Å². The lowest BCUT2D eigenvalue weighted by atomic mass is 10.1. The summed E-state index contributed by atoms with van der Waals surface area (Å²) in [5.41, 5.74) is 6.69. The van der Waals surface area contributed by atoms with E-state index in [1.807, 2.05) is 5.38 Å². The highest BCUT2D eigenvalue weighted by molar-refractivity contribution is 7.13. The maximum absolute atomic E-state index is 11.9. The molecule has 188 valence electrons. The summed E-state index contributed by atoms with van der Waals surface area (Å²) in [5, 5.41) is 22.4. The molecule has 2 unspecified atom stereocenters. The summed E-state index contributed by atoms with van der Waals surface area (Å²) in [7, 11) is 2.95. The zero-order valence-electron chi connectivity index (χ0n) is 18.9. The number of aromatic nitrogens is 1. The van der Waals surface area contributed by atoms with Gasteiger partial charge in [-0.25, -0.2) is 14.6 Å². The lowest BCUT2D eigenvalue weighted by molar-refractivity contribution is -0.595. The number of carbonyl (C=O) groups is 2. The third-order valence-electron chi connectivity index (χ3n) is 4.62. The number of unbranched alkanes of at least 4 members (excludes halogenated alkanes) is 2. The Morgan fingerprint density at radius 2 is 2.12 bits per heavy atom. The van der Waals surface area contributed by atoms with E-state index in [-0.39, 0.29) is 12.5 Å². The van der Waals surface area contributed by atoms with Gasteiger partial charge in [-0.1, -0.05) is 6.42 Å². The molecule has 0 radical (unpaired) electrons. The SMILES string of the molecule is CNC1(NCCCCCc2csc(NC(N)=NCCOC)n2)OC(=O)C=CC(=O)OC1[N+](=O)[O-]. The van der Waals surface area contributed by atoms with Crippen LogP contribution in [-0.4, -0.2) is 73.7 Å². The molecule has 0 fully saturated rings. The second kappa shape index (κ2) is 13.5. The number of hydrogen-bond acceptors (Lipinski definition) is 12. The molecule has 1 aromatic heterocycles.